The number of hydrogen-bond acceptors (Lipinski definition) is 5. The monoisotopic (exact) mass is 363 g/mol. The van der Waals surface area contributed by atoms with Crippen LogP contribution < -0.4 is 14.8 Å². The first-order chi connectivity index (χ1) is 11.7. The van der Waals surface area contributed by atoms with E-state index in [4.69, 9.17) is 9.47 Å². The molecular weight excluding hydrogens is 342 g/mol. The number of sulfone groups is 1. The Hall–Kier alpha value is -2.54. The number of carbonyl (C=O) groups is 1. The van der Waals surface area contributed by atoms with Gasteiger partial charge in [0.25, 0.3) is 5.91 Å². The first-order valence-electron chi connectivity index (χ1n) is 7.58. The van der Waals surface area contributed by atoms with Gasteiger partial charge in [0.05, 0.1) is 25.2 Å². The summed E-state index contributed by atoms with van der Waals surface area (Å²) in [6, 6.07) is 11.1. The zero-order chi connectivity index (χ0) is 18.6. The van der Waals surface area contributed by atoms with Crippen molar-refractivity contribution in [2.24, 2.45) is 0 Å². The first kappa shape index (κ1) is 18.8. The molecule has 0 bridgehead atoms. The molecule has 134 valence electrons. The van der Waals surface area contributed by atoms with Crippen molar-refractivity contribution < 1.29 is 22.7 Å². The highest BCUT2D eigenvalue weighted by molar-refractivity contribution is 7.90. The number of benzene rings is 2. The summed E-state index contributed by atoms with van der Waals surface area (Å²) < 4.78 is 33.3. The molecule has 0 saturated carbocycles. The van der Waals surface area contributed by atoms with Crippen molar-refractivity contribution in [3.05, 3.63) is 53.6 Å². The van der Waals surface area contributed by atoms with Crippen LogP contribution in [0.1, 0.15) is 28.9 Å². The molecule has 0 aromatic heterocycles. The third-order valence-electron chi connectivity index (χ3n) is 3.77. The molecule has 2 aromatic rings. The van der Waals surface area contributed by atoms with Crippen LogP contribution in [-0.2, 0) is 9.84 Å². The summed E-state index contributed by atoms with van der Waals surface area (Å²) in [6.45, 7) is 1.82. The van der Waals surface area contributed by atoms with Gasteiger partial charge in [0.2, 0.25) is 0 Å². The fourth-order valence-corrected chi connectivity index (χ4v) is 2.94. The van der Waals surface area contributed by atoms with Crippen LogP contribution in [0, 0.1) is 0 Å². The van der Waals surface area contributed by atoms with Gasteiger partial charge in [-0.1, -0.05) is 12.1 Å². The minimum atomic E-state index is -3.24. The van der Waals surface area contributed by atoms with Crippen LogP contribution in [0.25, 0.3) is 0 Å². The average molecular weight is 363 g/mol. The van der Waals surface area contributed by atoms with Gasteiger partial charge in [-0.05, 0) is 36.8 Å². The molecule has 25 heavy (non-hydrogen) atoms. The van der Waals surface area contributed by atoms with E-state index in [1.807, 2.05) is 6.92 Å². The Balaban J connectivity index is 2.17. The van der Waals surface area contributed by atoms with E-state index in [2.05, 4.69) is 5.32 Å². The molecule has 0 heterocycles. The lowest BCUT2D eigenvalue weighted by molar-refractivity contribution is 0.0939. The number of rotatable bonds is 6. The van der Waals surface area contributed by atoms with Crippen molar-refractivity contribution in [2.75, 3.05) is 20.5 Å². The van der Waals surface area contributed by atoms with Crippen molar-refractivity contribution >= 4 is 15.7 Å². The van der Waals surface area contributed by atoms with Crippen LogP contribution in [-0.4, -0.2) is 34.8 Å². The largest absolute Gasteiger partial charge is 0.497 e. The van der Waals surface area contributed by atoms with Gasteiger partial charge in [-0.25, -0.2) is 8.42 Å². The Labute approximate surface area is 147 Å². The molecule has 0 aliphatic carbocycles. The minimum Gasteiger partial charge on any atom is -0.497 e. The predicted molar refractivity (Wildman–Crippen MR) is 95.0 cm³/mol. The number of carbonyl (C=O) groups excluding carboxylic acids is 1. The van der Waals surface area contributed by atoms with Crippen LogP contribution in [0.15, 0.2) is 47.4 Å². The number of nitrogens with one attached hydrogen (secondary N) is 1. The van der Waals surface area contributed by atoms with Gasteiger partial charge >= 0.3 is 0 Å². The van der Waals surface area contributed by atoms with E-state index in [-0.39, 0.29) is 16.8 Å². The zero-order valence-electron chi connectivity index (χ0n) is 14.6. The van der Waals surface area contributed by atoms with Gasteiger partial charge in [-0.2, -0.15) is 0 Å². The van der Waals surface area contributed by atoms with Gasteiger partial charge in [0.15, 0.2) is 9.84 Å². The number of ether oxygens (including phenoxy) is 2. The fraction of sp³-hybridized carbons (Fsp3) is 0.278. The maximum atomic E-state index is 12.5. The summed E-state index contributed by atoms with van der Waals surface area (Å²) in [7, 11) is -0.209. The highest BCUT2D eigenvalue weighted by Gasteiger charge is 2.15. The topological polar surface area (TPSA) is 81.7 Å². The summed E-state index contributed by atoms with van der Waals surface area (Å²) in [5.74, 6) is 0.765. The molecule has 0 fully saturated rings. The molecule has 0 aliphatic heterocycles. The van der Waals surface area contributed by atoms with Crippen molar-refractivity contribution in [2.45, 2.75) is 17.9 Å². The molecule has 2 aromatic carbocycles. The Morgan fingerprint density at radius 1 is 1.00 bits per heavy atom. The van der Waals surface area contributed by atoms with Gasteiger partial charge in [-0.15, -0.1) is 0 Å². The molecule has 1 unspecified atom stereocenters. The van der Waals surface area contributed by atoms with Gasteiger partial charge < -0.3 is 14.8 Å². The standard InChI is InChI=1S/C18H21NO5S/c1-12(13-5-7-17(8-6-13)25(4,21)22)19-18(20)14-9-15(23-2)11-16(10-14)24-3/h5-12H,1-4H3,(H,19,20). The fourth-order valence-electron chi connectivity index (χ4n) is 2.31. The summed E-state index contributed by atoms with van der Waals surface area (Å²) in [5, 5.41) is 2.87. The second-order valence-corrected chi connectivity index (χ2v) is 7.65. The molecule has 1 amide bonds. The summed E-state index contributed by atoms with van der Waals surface area (Å²) in [4.78, 5) is 12.7. The maximum Gasteiger partial charge on any atom is 0.252 e. The molecule has 7 heteroatoms. The van der Waals surface area contributed by atoms with E-state index in [1.165, 1.54) is 26.4 Å². The van der Waals surface area contributed by atoms with Crippen LogP contribution >= 0.6 is 0 Å². The van der Waals surface area contributed by atoms with Crippen molar-refractivity contribution in [3.8, 4) is 11.5 Å². The zero-order valence-corrected chi connectivity index (χ0v) is 15.4. The summed E-state index contributed by atoms with van der Waals surface area (Å²) >= 11 is 0. The lowest BCUT2D eigenvalue weighted by atomic mass is 10.1. The second kappa shape index (κ2) is 7.57. The SMILES string of the molecule is COc1cc(OC)cc(C(=O)NC(C)c2ccc(S(C)(=O)=O)cc2)c1. The van der Waals surface area contributed by atoms with Gasteiger partial charge in [0.1, 0.15) is 11.5 Å². The van der Waals surface area contributed by atoms with E-state index in [0.29, 0.717) is 17.1 Å². The van der Waals surface area contributed by atoms with Gasteiger partial charge in [-0.3, -0.25) is 4.79 Å². The van der Waals surface area contributed by atoms with E-state index in [1.54, 1.807) is 30.3 Å². The minimum absolute atomic E-state index is 0.243. The molecule has 0 spiro atoms. The lowest BCUT2D eigenvalue weighted by Gasteiger charge is -2.15. The van der Waals surface area contributed by atoms with E-state index < -0.39 is 9.84 Å². The molecule has 1 atom stereocenters. The van der Waals surface area contributed by atoms with Crippen molar-refractivity contribution in [3.63, 3.8) is 0 Å². The van der Waals surface area contributed by atoms with Crippen LogP contribution in [0.3, 0.4) is 0 Å². The molecule has 0 aliphatic rings. The van der Waals surface area contributed by atoms with Crippen LogP contribution in [0.5, 0.6) is 11.5 Å². The summed E-state index contributed by atoms with van der Waals surface area (Å²) in [5.41, 5.74) is 1.21. The normalized spacial score (nSPS) is 12.3. The summed E-state index contributed by atoms with van der Waals surface area (Å²) in [6.07, 6.45) is 1.16. The Bertz CT molecular complexity index is 837. The third kappa shape index (κ3) is 4.73. The average Bonchev–Trinajstić information content (AvgIpc) is 2.60. The molecular formula is C18H21NO5S. The number of methoxy groups -OCH3 is 2. The predicted octanol–water partition coefficient (Wildman–Crippen LogP) is 2.60. The Morgan fingerprint density at radius 3 is 1.96 bits per heavy atom. The molecule has 6 nitrogen and oxygen atoms in total. The number of amides is 1. The Morgan fingerprint density at radius 2 is 1.52 bits per heavy atom. The third-order valence-corrected chi connectivity index (χ3v) is 4.90. The first-order valence-corrected chi connectivity index (χ1v) is 9.47. The van der Waals surface area contributed by atoms with Crippen molar-refractivity contribution in [1.82, 2.24) is 5.32 Å². The molecule has 0 saturated heterocycles. The molecule has 2 rings (SSSR count). The molecule has 0 radical (unpaired) electrons. The lowest BCUT2D eigenvalue weighted by Crippen LogP contribution is -2.26. The second-order valence-electron chi connectivity index (χ2n) is 5.64. The Kier molecular flexibility index (Phi) is 5.69. The maximum absolute atomic E-state index is 12.5. The number of hydrogen-bond donors (Lipinski definition) is 1. The highest BCUT2D eigenvalue weighted by atomic mass is 32.2. The van der Waals surface area contributed by atoms with Gasteiger partial charge in [0, 0.05) is 17.9 Å². The van der Waals surface area contributed by atoms with Crippen LogP contribution in [0.4, 0.5) is 0 Å². The van der Waals surface area contributed by atoms with Crippen molar-refractivity contribution in [1.29, 1.82) is 0 Å². The van der Waals surface area contributed by atoms with E-state index >= 15 is 0 Å². The molecule has 1 N–H and O–H groups in total. The smallest absolute Gasteiger partial charge is 0.252 e. The van der Waals surface area contributed by atoms with E-state index in [0.717, 1.165) is 11.8 Å². The quantitative estimate of drug-likeness (QED) is 0.853. The highest BCUT2D eigenvalue weighted by Crippen LogP contribution is 2.23. The van der Waals surface area contributed by atoms with E-state index in [9.17, 15) is 13.2 Å². The van der Waals surface area contributed by atoms with Crippen LogP contribution in [0.2, 0.25) is 0 Å².